The zero-order valence-corrected chi connectivity index (χ0v) is 15.9. The van der Waals surface area contributed by atoms with Crippen LogP contribution in [0, 0.1) is 5.92 Å². The predicted octanol–water partition coefficient (Wildman–Crippen LogP) is 2.70. The van der Waals surface area contributed by atoms with Crippen molar-refractivity contribution in [2.45, 2.75) is 12.8 Å². The van der Waals surface area contributed by atoms with Crippen LogP contribution in [0.3, 0.4) is 0 Å². The minimum Gasteiger partial charge on any atom is -0.345 e. The van der Waals surface area contributed by atoms with Crippen LogP contribution in [0.2, 0.25) is 0 Å². The number of allylic oxidation sites excluding steroid dienone is 1. The van der Waals surface area contributed by atoms with Crippen molar-refractivity contribution in [2.24, 2.45) is 13.0 Å². The second kappa shape index (κ2) is 7.20. The lowest BCUT2D eigenvalue weighted by molar-refractivity contribution is 0.239. The Hall–Kier alpha value is -2.60. The van der Waals surface area contributed by atoms with Gasteiger partial charge in [0.25, 0.3) is 0 Å². The highest BCUT2D eigenvalue weighted by Crippen LogP contribution is 2.26. The molecule has 1 N–H and O–H groups in total. The summed E-state index contributed by atoms with van der Waals surface area (Å²) in [6.45, 7) is 6.45. The van der Waals surface area contributed by atoms with Crippen molar-refractivity contribution in [2.75, 3.05) is 25.5 Å². The van der Waals surface area contributed by atoms with E-state index in [1.165, 1.54) is 0 Å². The van der Waals surface area contributed by atoms with Crippen LogP contribution in [0.5, 0.6) is 0 Å². The molecule has 2 aromatic heterocycles. The van der Waals surface area contributed by atoms with E-state index < -0.39 is 0 Å². The molecule has 1 aromatic carbocycles. The van der Waals surface area contributed by atoms with Crippen molar-refractivity contribution in [3.8, 4) is 11.1 Å². The minimum atomic E-state index is 0.458. The van der Waals surface area contributed by atoms with Gasteiger partial charge >= 0.3 is 0 Å². The first-order valence-electron chi connectivity index (χ1n) is 9.33. The minimum absolute atomic E-state index is 0.458. The number of piperidine rings is 1. The molecule has 2 radical (unpaired) electrons. The maximum Gasteiger partial charge on any atom is 0.123 e. The number of nitrogens with zero attached hydrogens (tertiary/aromatic N) is 4. The van der Waals surface area contributed by atoms with E-state index in [9.17, 15) is 0 Å². The van der Waals surface area contributed by atoms with E-state index in [0.717, 1.165) is 53.5 Å². The summed E-state index contributed by atoms with van der Waals surface area (Å²) in [5.41, 5.74) is 3.83. The molecular weight excluding hydrogens is 333 g/mol. The van der Waals surface area contributed by atoms with Crippen LogP contribution in [0.25, 0.3) is 21.9 Å². The smallest absolute Gasteiger partial charge is 0.123 e. The Balaban J connectivity index is 1.61. The van der Waals surface area contributed by atoms with E-state index in [1.54, 1.807) is 4.68 Å². The largest absolute Gasteiger partial charge is 0.345 e. The topological polar surface area (TPSA) is 46.0 Å². The molecule has 1 fully saturated rings. The first-order valence-corrected chi connectivity index (χ1v) is 9.33. The van der Waals surface area contributed by atoms with Gasteiger partial charge in [0.05, 0.1) is 6.20 Å². The summed E-state index contributed by atoms with van der Waals surface area (Å²) in [5.74, 6) is 1.15. The molecule has 6 heteroatoms. The first-order chi connectivity index (χ1) is 13.0. The average molecular weight is 357 g/mol. The van der Waals surface area contributed by atoms with Crippen LogP contribution in [0.4, 0.5) is 5.82 Å². The molecule has 3 heterocycles. The molecule has 0 spiro atoms. The number of rotatable bonds is 4. The Kier molecular flexibility index (Phi) is 4.74. The molecule has 4 rings (SSSR count). The number of nitrogens with one attached hydrogen (secondary N) is 1. The number of likely N-dealkylation sites (tertiary alicyclic amines) is 1. The molecule has 0 bridgehead atoms. The van der Waals surface area contributed by atoms with Crippen molar-refractivity contribution >= 4 is 29.9 Å². The van der Waals surface area contributed by atoms with Crippen LogP contribution in [-0.2, 0) is 7.05 Å². The highest BCUT2D eigenvalue weighted by molar-refractivity contribution is 6.42. The van der Waals surface area contributed by atoms with Gasteiger partial charge in [-0.05, 0) is 60.8 Å². The van der Waals surface area contributed by atoms with Crippen molar-refractivity contribution in [1.29, 1.82) is 0 Å². The van der Waals surface area contributed by atoms with Crippen LogP contribution in [0.1, 0.15) is 12.8 Å². The summed E-state index contributed by atoms with van der Waals surface area (Å²) >= 11 is 0. The van der Waals surface area contributed by atoms with Crippen molar-refractivity contribution < 1.29 is 0 Å². The van der Waals surface area contributed by atoms with E-state index >= 15 is 0 Å². The zero-order chi connectivity index (χ0) is 19.0. The van der Waals surface area contributed by atoms with Crippen LogP contribution in [-0.4, -0.2) is 47.6 Å². The number of pyridine rings is 1. The van der Waals surface area contributed by atoms with Gasteiger partial charge < -0.3 is 10.2 Å². The zero-order valence-electron chi connectivity index (χ0n) is 15.9. The molecule has 0 aliphatic carbocycles. The number of fused-ring (bicyclic) bond motifs is 1. The summed E-state index contributed by atoms with van der Waals surface area (Å²) in [5, 5.41) is 9.65. The van der Waals surface area contributed by atoms with E-state index in [0.29, 0.717) is 17.2 Å². The Morgan fingerprint density at radius 1 is 1.19 bits per heavy atom. The molecule has 1 aliphatic rings. The van der Waals surface area contributed by atoms with Crippen molar-refractivity contribution in [3.63, 3.8) is 0 Å². The number of hydrogen-bond acceptors (Lipinski definition) is 4. The highest BCUT2D eigenvalue weighted by Gasteiger charge is 2.20. The maximum atomic E-state index is 6.48. The lowest BCUT2D eigenvalue weighted by Crippen LogP contribution is -2.32. The van der Waals surface area contributed by atoms with Crippen LogP contribution >= 0.6 is 0 Å². The van der Waals surface area contributed by atoms with Crippen molar-refractivity contribution in [1.82, 2.24) is 19.7 Å². The third-order valence-corrected chi connectivity index (χ3v) is 5.46. The van der Waals surface area contributed by atoms with Gasteiger partial charge in [-0.2, -0.15) is 5.10 Å². The summed E-state index contributed by atoms with van der Waals surface area (Å²) in [6.07, 6.45) is 7.95. The fraction of sp³-hybridized carbons (Fsp3) is 0.333. The molecule has 0 saturated carbocycles. The third-order valence-electron chi connectivity index (χ3n) is 5.46. The Morgan fingerprint density at radius 3 is 2.67 bits per heavy atom. The second-order valence-corrected chi connectivity index (χ2v) is 7.45. The molecule has 0 amide bonds. The summed E-state index contributed by atoms with van der Waals surface area (Å²) in [6, 6.07) is 6.23. The molecule has 1 aliphatic heterocycles. The number of aryl methyl sites for hydroxylation is 1. The summed E-state index contributed by atoms with van der Waals surface area (Å²) in [4.78, 5) is 6.89. The highest BCUT2D eigenvalue weighted by atomic mass is 15.2. The van der Waals surface area contributed by atoms with Crippen LogP contribution in [0.15, 0.2) is 49.1 Å². The van der Waals surface area contributed by atoms with E-state index in [1.807, 2.05) is 25.6 Å². The number of hydrogen-bond donors (Lipinski definition) is 1. The van der Waals surface area contributed by atoms with Gasteiger partial charge in [0.1, 0.15) is 13.7 Å². The van der Waals surface area contributed by atoms with Gasteiger partial charge in [-0.15, -0.1) is 0 Å². The fourth-order valence-corrected chi connectivity index (χ4v) is 3.69. The fourth-order valence-electron chi connectivity index (χ4n) is 3.69. The second-order valence-electron chi connectivity index (χ2n) is 7.45. The molecule has 0 atom stereocenters. The Labute approximate surface area is 161 Å². The van der Waals surface area contributed by atoms with Crippen LogP contribution < -0.4 is 10.8 Å². The molecule has 5 nitrogen and oxygen atoms in total. The standard InChI is InChI=1S/C21H24BN5/c1-14(15-6-8-26(2)9-7-15)25-21-20(22)19-10-16(4-5-17(19)11-23-21)18-12-24-27(3)13-18/h4-5,10-13,15H,1,6-9H2,2-3H3,(H,23,25). The average Bonchev–Trinajstić information content (AvgIpc) is 3.11. The van der Waals surface area contributed by atoms with Crippen molar-refractivity contribution in [3.05, 3.63) is 49.1 Å². The summed E-state index contributed by atoms with van der Waals surface area (Å²) < 4.78 is 1.80. The quantitative estimate of drug-likeness (QED) is 0.730. The molecule has 27 heavy (non-hydrogen) atoms. The van der Waals surface area contributed by atoms with E-state index in [2.05, 4.69) is 52.1 Å². The first kappa shape index (κ1) is 17.8. The predicted molar refractivity (Wildman–Crippen MR) is 112 cm³/mol. The molecule has 1 saturated heterocycles. The third kappa shape index (κ3) is 3.62. The molecule has 0 unspecified atom stereocenters. The number of benzene rings is 1. The van der Waals surface area contributed by atoms with E-state index in [-0.39, 0.29) is 0 Å². The number of anilines is 1. The van der Waals surface area contributed by atoms with Gasteiger partial charge in [-0.3, -0.25) is 4.68 Å². The van der Waals surface area contributed by atoms with E-state index in [4.69, 9.17) is 7.85 Å². The van der Waals surface area contributed by atoms with Gasteiger partial charge in [-0.1, -0.05) is 18.7 Å². The lowest BCUT2D eigenvalue weighted by atomic mass is 9.89. The number of aromatic nitrogens is 3. The SMILES string of the molecule is [B]c1c(NC(=C)C2CCN(C)CC2)ncc2ccc(-c3cnn(C)c3)cc12. The Bertz CT molecular complexity index is 985. The van der Waals surface area contributed by atoms with Gasteiger partial charge in [0, 0.05) is 36.6 Å². The Morgan fingerprint density at radius 2 is 1.96 bits per heavy atom. The lowest BCUT2D eigenvalue weighted by Gasteiger charge is -2.30. The molecular formula is C21H24BN5. The maximum absolute atomic E-state index is 6.48. The normalized spacial score (nSPS) is 15.9. The van der Waals surface area contributed by atoms with Gasteiger partial charge in [-0.25, -0.2) is 4.98 Å². The van der Waals surface area contributed by atoms with Gasteiger partial charge in [0.15, 0.2) is 0 Å². The van der Waals surface area contributed by atoms with Gasteiger partial charge in [0.2, 0.25) is 0 Å². The molecule has 136 valence electrons. The monoisotopic (exact) mass is 357 g/mol. The molecule has 3 aromatic rings. The summed E-state index contributed by atoms with van der Waals surface area (Å²) in [7, 11) is 10.6.